The van der Waals surface area contributed by atoms with Crippen molar-refractivity contribution >= 4 is 17.4 Å². The quantitative estimate of drug-likeness (QED) is 0.703. The highest BCUT2D eigenvalue weighted by atomic mass is 35.5. The first-order valence-corrected chi connectivity index (χ1v) is 4.90. The van der Waals surface area contributed by atoms with Crippen LogP contribution >= 0.6 is 11.6 Å². The molecule has 2 nitrogen and oxygen atoms in total. The van der Waals surface area contributed by atoms with Crippen molar-refractivity contribution in [1.29, 1.82) is 0 Å². The third-order valence-corrected chi connectivity index (χ3v) is 1.92. The van der Waals surface area contributed by atoms with Gasteiger partial charge in [0.05, 0.1) is 5.02 Å². The van der Waals surface area contributed by atoms with E-state index < -0.39 is 0 Å². The van der Waals surface area contributed by atoms with Gasteiger partial charge in [-0.1, -0.05) is 32.4 Å². The molecule has 0 atom stereocenters. The van der Waals surface area contributed by atoms with Gasteiger partial charge in [0, 0.05) is 24.4 Å². The second-order valence-electron chi connectivity index (χ2n) is 4.55. The van der Waals surface area contributed by atoms with Crippen LogP contribution in [0.4, 0.5) is 0 Å². The molecule has 0 N–H and O–H groups in total. The molecule has 1 aromatic heterocycles. The minimum Gasteiger partial charge on any atom is -0.294 e. The van der Waals surface area contributed by atoms with Crippen LogP contribution in [0.25, 0.3) is 0 Å². The monoisotopic (exact) mass is 211 g/mol. The summed E-state index contributed by atoms with van der Waals surface area (Å²) in [5, 5.41) is 0.504. The van der Waals surface area contributed by atoms with Gasteiger partial charge in [-0.2, -0.15) is 0 Å². The molecule has 0 bridgehead atoms. The van der Waals surface area contributed by atoms with Crippen molar-refractivity contribution in [2.45, 2.75) is 27.2 Å². The lowest BCUT2D eigenvalue weighted by Crippen LogP contribution is -2.13. The highest BCUT2D eigenvalue weighted by Crippen LogP contribution is 2.22. The normalized spacial score (nSPS) is 11.4. The van der Waals surface area contributed by atoms with Crippen LogP contribution in [0.1, 0.15) is 37.6 Å². The Morgan fingerprint density at radius 1 is 1.43 bits per heavy atom. The third-order valence-electron chi connectivity index (χ3n) is 1.72. The topological polar surface area (TPSA) is 30.0 Å². The van der Waals surface area contributed by atoms with E-state index in [9.17, 15) is 4.79 Å². The Kier molecular flexibility index (Phi) is 3.27. The second kappa shape index (κ2) is 4.09. The number of carbonyl (C=O) groups is 1. The molecule has 0 saturated heterocycles. The summed E-state index contributed by atoms with van der Waals surface area (Å²) in [6, 6.07) is 1.66. The fraction of sp³-hybridized carbons (Fsp3) is 0.455. The largest absolute Gasteiger partial charge is 0.294 e. The van der Waals surface area contributed by atoms with Gasteiger partial charge in [-0.15, -0.1) is 0 Å². The van der Waals surface area contributed by atoms with Crippen LogP contribution in [0.15, 0.2) is 18.5 Å². The van der Waals surface area contributed by atoms with E-state index in [1.807, 2.05) is 20.8 Å². The van der Waals surface area contributed by atoms with Gasteiger partial charge in [-0.3, -0.25) is 9.78 Å². The Bertz CT molecular complexity index is 341. The zero-order valence-electron chi connectivity index (χ0n) is 8.67. The van der Waals surface area contributed by atoms with Crippen LogP contribution < -0.4 is 0 Å². The molecule has 1 rings (SSSR count). The van der Waals surface area contributed by atoms with Gasteiger partial charge in [-0.25, -0.2) is 0 Å². The van der Waals surface area contributed by atoms with Crippen molar-refractivity contribution in [2.24, 2.45) is 5.41 Å². The first kappa shape index (κ1) is 11.2. The van der Waals surface area contributed by atoms with Crippen molar-refractivity contribution in [3.63, 3.8) is 0 Å². The average molecular weight is 212 g/mol. The zero-order valence-corrected chi connectivity index (χ0v) is 9.43. The van der Waals surface area contributed by atoms with Crippen molar-refractivity contribution < 1.29 is 4.79 Å². The lowest BCUT2D eigenvalue weighted by Gasteiger charge is -2.16. The maximum atomic E-state index is 11.7. The SMILES string of the molecule is CC(C)(C)CC(=O)c1cncc(Cl)c1. The fourth-order valence-corrected chi connectivity index (χ4v) is 1.32. The number of aromatic nitrogens is 1. The molecule has 1 aromatic rings. The fourth-order valence-electron chi connectivity index (χ4n) is 1.15. The van der Waals surface area contributed by atoms with E-state index in [0.717, 1.165) is 0 Å². The molecule has 0 aliphatic rings. The maximum absolute atomic E-state index is 11.7. The van der Waals surface area contributed by atoms with E-state index in [1.165, 1.54) is 6.20 Å². The predicted molar refractivity (Wildman–Crippen MR) is 57.6 cm³/mol. The molecule has 0 fully saturated rings. The van der Waals surface area contributed by atoms with Crippen LogP contribution in [0.2, 0.25) is 5.02 Å². The average Bonchev–Trinajstić information content (AvgIpc) is 2.01. The summed E-state index contributed by atoms with van der Waals surface area (Å²) in [5.41, 5.74) is 0.590. The third kappa shape index (κ3) is 3.46. The molecule has 0 unspecified atom stereocenters. The van der Waals surface area contributed by atoms with E-state index in [2.05, 4.69) is 4.98 Å². The number of nitrogens with zero attached hydrogens (tertiary/aromatic N) is 1. The standard InChI is InChI=1S/C11H14ClNO/c1-11(2,3)5-10(14)8-4-9(12)7-13-6-8/h4,6-7H,5H2,1-3H3. The second-order valence-corrected chi connectivity index (χ2v) is 4.99. The van der Waals surface area contributed by atoms with Crippen LogP contribution in [0.3, 0.4) is 0 Å². The number of hydrogen-bond donors (Lipinski definition) is 0. The Balaban J connectivity index is 2.80. The summed E-state index contributed by atoms with van der Waals surface area (Å²) < 4.78 is 0. The molecule has 0 aliphatic carbocycles. The zero-order chi connectivity index (χ0) is 10.8. The Morgan fingerprint density at radius 2 is 2.07 bits per heavy atom. The number of halogens is 1. The number of carbonyl (C=O) groups excluding carboxylic acids is 1. The van der Waals surface area contributed by atoms with E-state index in [0.29, 0.717) is 17.0 Å². The molecule has 0 saturated carbocycles. The number of rotatable bonds is 2. The summed E-state index contributed by atoms with van der Waals surface area (Å²) in [5.74, 6) is 0.0903. The molecule has 76 valence electrons. The number of ketones is 1. The summed E-state index contributed by atoms with van der Waals surface area (Å²) >= 11 is 5.75. The molecule has 0 spiro atoms. The summed E-state index contributed by atoms with van der Waals surface area (Å²) in [4.78, 5) is 15.6. The first-order chi connectivity index (χ1) is 6.38. The first-order valence-electron chi connectivity index (χ1n) is 4.52. The molecular formula is C11H14ClNO. The molecule has 1 heterocycles. The Hall–Kier alpha value is -0.890. The highest BCUT2D eigenvalue weighted by molar-refractivity contribution is 6.30. The van der Waals surface area contributed by atoms with Crippen molar-refractivity contribution in [3.05, 3.63) is 29.0 Å². The smallest absolute Gasteiger partial charge is 0.164 e. The molecule has 0 aliphatic heterocycles. The predicted octanol–water partition coefficient (Wildman–Crippen LogP) is 3.35. The van der Waals surface area contributed by atoms with E-state index in [1.54, 1.807) is 12.3 Å². The Labute approximate surface area is 89.3 Å². The summed E-state index contributed by atoms with van der Waals surface area (Å²) in [6.45, 7) is 6.09. The van der Waals surface area contributed by atoms with Crippen LogP contribution in [0, 0.1) is 5.41 Å². The van der Waals surface area contributed by atoms with Gasteiger partial charge in [0.15, 0.2) is 5.78 Å². The molecule has 14 heavy (non-hydrogen) atoms. The summed E-state index contributed by atoms with van der Waals surface area (Å²) in [7, 11) is 0. The van der Waals surface area contributed by atoms with E-state index in [-0.39, 0.29) is 11.2 Å². The van der Waals surface area contributed by atoms with Gasteiger partial charge in [0.2, 0.25) is 0 Å². The lowest BCUT2D eigenvalue weighted by atomic mass is 9.88. The molecular weight excluding hydrogens is 198 g/mol. The van der Waals surface area contributed by atoms with Crippen molar-refractivity contribution in [3.8, 4) is 0 Å². The minimum atomic E-state index is -0.000594. The van der Waals surface area contributed by atoms with Gasteiger partial charge in [-0.05, 0) is 11.5 Å². The minimum absolute atomic E-state index is 0.000594. The summed E-state index contributed by atoms with van der Waals surface area (Å²) in [6.07, 6.45) is 3.59. The van der Waals surface area contributed by atoms with Gasteiger partial charge in [0.25, 0.3) is 0 Å². The number of Topliss-reactive ketones (excluding diaryl/α,β-unsaturated/α-hetero) is 1. The van der Waals surface area contributed by atoms with Crippen LogP contribution in [-0.4, -0.2) is 10.8 Å². The Morgan fingerprint density at radius 3 is 2.57 bits per heavy atom. The molecule has 0 radical (unpaired) electrons. The van der Waals surface area contributed by atoms with Gasteiger partial charge < -0.3 is 0 Å². The van der Waals surface area contributed by atoms with Crippen molar-refractivity contribution in [2.75, 3.05) is 0 Å². The highest BCUT2D eigenvalue weighted by Gasteiger charge is 2.17. The molecule has 3 heteroatoms. The van der Waals surface area contributed by atoms with E-state index >= 15 is 0 Å². The number of hydrogen-bond acceptors (Lipinski definition) is 2. The van der Waals surface area contributed by atoms with Crippen molar-refractivity contribution in [1.82, 2.24) is 4.98 Å². The molecule has 0 aromatic carbocycles. The van der Waals surface area contributed by atoms with Crippen LogP contribution in [0.5, 0.6) is 0 Å². The van der Waals surface area contributed by atoms with Crippen LogP contribution in [-0.2, 0) is 0 Å². The number of pyridine rings is 1. The maximum Gasteiger partial charge on any atom is 0.164 e. The van der Waals surface area contributed by atoms with E-state index in [4.69, 9.17) is 11.6 Å². The lowest BCUT2D eigenvalue weighted by molar-refractivity contribution is 0.0939. The van der Waals surface area contributed by atoms with Gasteiger partial charge >= 0.3 is 0 Å². The van der Waals surface area contributed by atoms with Gasteiger partial charge in [0.1, 0.15) is 0 Å². The molecule has 0 amide bonds.